The van der Waals surface area contributed by atoms with Crippen LogP contribution in [0.1, 0.15) is 43.0 Å². The van der Waals surface area contributed by atoms with Crippen LogP contribution in [0.4, 0.5) is 0 Å². The van der Waals surface area contributed by atoms with E-state index >= 15 is 0 Å². The van der Waals surface area contributed by atoms with Gasteiger partial charge in [-0.2, -0.15) is 0 Å². The fraction of sp³-hybridized carbons (Fsp3) is 0.667. The molecule has 1 fully saturated rings. The molecule has 2 heteroatoms. The van der Waals surface area contributed by atoms with Crippen LogP contribution in [-0.4, -0.2) is 0 Å². The molecule has 1 saturated carbocycles. The first kappa shape index (κ1) is 10.2. The summed E-state index contributed by atoms with van der Waals surface area (Å²) in [6.07, 6.45) is 2.42. The number of hydrogen-bond donors (Lipinski definition) is 1. The molecular weight excluding hydrogens is 190 g/mol. The number of nitrogens with two attached hydrogens (primary N) is 1. The molecule has 0 radical (unpaired) electrons. The van der Waals surface area contributed by atoms with Gasteiger partial charge in [0.15, 0.2) is 0 Å². The lowest BCUT2D eigenvalue weighted by atomic mass is 10.0. The SMILES string of the molecule is CCc1ccc(C(N)C2CC2(C)C)s1. The van der Waals surface area contributed by atoms with Gasteiger partial charge in [0.05, 0.1) is 0 Å². The van der Waals surface area contributed by atoms with Gasteiger partial charge in [-0.3, -0.25) is 0 Å². The number of thiophene rings is 1. The largest absolute Gasteiger partial charge is 0.323 e. The van der Waals surface area contributed by atoms with E-state index in [4.69, 9.17) is 5.73 Å². The van der Waals surface area contributed by atoms with E-state index in [1.807, 2.05) is 11.3 Å². The first-order chi connectivity index (χ1) is 6.54. The number of aryl methyl sites for hydroxylation is 1. The van der Waals surface area contributed by atoms with Gasteiger partial charge < -0.3 is 5.73 Å². The molecule has 78 valence electrons. The third-order valence-corrected chi connectivity index (χ3v) is 4.71. The summed E-state index contributed by atoms with van der Waals surface area (Å²) in [5.74, 6) is 0.700. The standard InChI is InChI=1S/C12H19NS/c1-4-8-5-6-10(14-8)11(13)9-7-12(9,2)3/h5-6,9,11H,4,7,13H2,1-3H3. The molecule has 1 nitrogen and oxygen atoms in total. The van der Waals surface area contributed by atoms with Crippen molar-refractivity contribution in [3.05, 3.63) is 21.9 Å². The molecule has 0 bridgehead atoms. The molecule has 14 heavy (non-hydrogen) atoms. The molecule has 1 aromatic heterocycles. The summed E-state index contributed by atoms with van der Waals surface area (Å²) in [6.45, 7) is 6.82. The molecule has 0 aromatic carbocycles. The van der Waals surface area contributed by atoms with Crippen molar-refractivity contribution in [1.29, 1.82) is 0 Å². The molecule has 2 atom stereocenters. The van der Waals surface area contributed by atoms with Gasteiger partial charge in [0, 0.05) is 15.8 Å². The lowest BCUT2D eigenvalue weighted by Gasteiger charge is -2.11. The predicted octanol–water partition coefficient (Wildman–Crippen LogP) is 3.36. The third kappa shape index (κ3) is 1.73. The quantitative estimate of drug-likeness (QED) is 0.811. The summed E-state index contributed by atoms with van der Waals surface area (Å²) in [7, 11) is 0. The van der Waals surface area contributed by atoms with Crippen molar-refractivity contribution in [3.63, 3.8) is 0 Å². The summed E-state index contributed by atoms with van der Waals surface area (Å²) in [5.41, 5.74) is 6.74. The van der Waals surface area contributed by atoms with Gasteiger partial charge in [-0.15, -0.1) is 11.3 Å². The van der Waals surface area contributed by atoms with Crippen molar-refractivity contribution in [3.8, 4) is 0 Å². The Labute approximate surface area is 90.3 Å². The van der Waals surface area contributed by atoms with E-state index in [9.17, 15) is 0 Å². The van der Waals surface area contributed by atoms with Crippen molar-refractivity contribution in [2.24, 2.45) is 17.1 Å². The fourth-order valence-electron chi connectivity index (χ4n) is 2.08. The van der Waals surface area contributed by atoms with Crippen LogP contribution < -0.4 is 5.73 Å². The Balaban J connectivity index is 2.08. The Hall–Kier alpha value is -0.340. The van der Waals surface area contributed by atoms with Crippen LogP contribution in [0.15, 0.2) is 12.1 Å². The van der Waals surface area contributed by atoms with Crippen LogP contribution in [0, 0.1) is 11.3 Å². The second-order valence-electron chi connectivity index (χ2n) is 4.98. The smallest absolute Gasteiger partial charge is 0.0423 e. The molecular formula is C12H19NS. The number of hydrogen-bond acceptors (Lipinski definition) is 2. The van der Waals surface area contributed by atoms with Crippen molar-refractivity contribution in [2.75, 3.05) is 0 Å². The van der Waals surface area contributed by atoms with E-state index in [-0.39, 0.29) is 6.04 Å². The Morgan fingerprint density at radius 3 is 2.64 bits per heavy atom. The highest BCUT2D eigenvalue weighted by molar-refractivity contribution is 7.12. The predicted molar refractivity (Wildman–Crippen MR) is 62.5 cm³/mol. The van der Waals surface area contributed by atoms with Crippen LogP contribution in [0.5, 0.6) is 0 Å². The molecule has 1 aromatic rings. The zero-order valence-electron chi connectivity index (χ0n) is 9.21. The molecule has 0 aliphatic heterocycles. The van der Waals surface area contributed by atoms with Crippen LogP contribution in [0.2, 0.25) is 0 Å². The molecule has 2 N–H and O–H groups in total. The minimum absolute atomic E-state index is 0.273. The average molecular weight is 209 g/mol. The second kappa shape index (κ2) is 3.35. The highest BCUT2D eigenvalue weighted by atomic mass is 32.1. The molecule has 0 amide bonds. The van der Waals surface area contributed by atoms with Gasteiger partial charge in [0.1, 0.15) is 0 Å². The Morgan fingerprint density at radius 2 is 2.21 bits per heavy atom. The van der Waals surface area contributed by atoms with Crippen LogP contribution in [0.25, 0.3) is 0 Å². The average Bonchev–Trinajstić information content (AvgIpc) is 2.64. The highest BCUT2D eigenvalue weighted by Crippen LogP contribution is 2.57. The van der Waals surface area contributed by atoms with Crippen LogP contribution in [-0.2, 0) is 6.42 Å². The van der Waals surface area contributed by atoms with Gasteiger partial charge in [-0.1, -0.05) is 20.8 Å². The van der Waals surface area contributed by atoms with E-state index in [2.05, 4.69) is 32.9 Å². The van der Waals surface area contributed by atoms with E-state index < -0.39 is 0 Å². The van der Waals surface area contributed by atoms with Crippen LogP contribution >= 0.6 is 11.3 Å². The first-order valence-corrected chi connectivity index (χ1v) is 6.20. The molecule has 1 aliphatic carbocycles. The maximum Gasteiger partial charge on any atom is 0.0423 e. The van der Waals surface area contributed by atoms with Crippen molar-refractivity contribution < 1.29 is 0 Å². The van der Waals surface area contributed by atoms with Crippen molar-refractivity contribution in [1.82, 2.24) is 0 Å². The zero-order valence-corrected chi connectivity index (χ0v) is 10.0. The van der Waals surface area contributed by atoms with Gasteiger partial charge in [-0.05, 0) is 36.3 Å². The summed E-state index contributed by atoms with van der Waals surface area (Å²) >= 11 is 1.89. The van der Waals surface area contributed by atoms with E-state index in [1.165, 1.54) is 16.2 Å². The third-order valence-electron chi connectivity index (χ3n) is 3.38. The maximum absolute atomic E-state index is 6.25. The molecule has 1 heterocycles. The van der Waals surface area contributed by atoms with Crippen molar-refractivity contribution in [2.45, 2.75) is 39.7 Å². The van der Waals surface area contributed by atoms with Gasteiger partial charge in [-0.25, -0.2) is 0 Å². The monoisotopic (exact) mass is 209 g/mol. The molecule has 2 unspecified atom stereocenters. The molecule has 2 rings (SSSR count). The van der Waals surface area contributed by atoms with Crippen LogP contribution in [0.3, 0.4) is 0 Å². The zero-order chi connectivity index (χ0) is 10.3. The normalized spacial score (nSPS) is 26.1. The Kier molecular flexibility index (Phi) is 2.44. The molecule has 1 aliphatic rings. The van der Waals surface area contributed by atoms with E-state index in [1.54, 1.807) is 0 Å². The minimum atomic E-state index is 0.273. The Morgan fingerprint density at radius 1 is 1.57 bits per heavy atom. The highest BCUT2D eigenvalue weighted by Gasteiger charge is 2.49. The number of rotatable bonds is 3. The minimum Gasteiger partial charge on any atom is -0.323 e. The maximum atomic E-state index is 6.25. The second-order valence-corrected chi connectivity index (χ2v) is 6.18. The van der Waals surface area contributed by atoms with Gasteiger partial charge in [0.2, 0.25) is 0 Å². The van der Waals surface area contributed by atoms with Gasteiger partial charge in [0.25, 0.3) is 0 Å². The topological polar surface area (TPSA) is 26.0 Å². The summed E-state index contributed by atoms with van der Waals surface area (Å²) in [5, 5.41) is 0. The summed E-state index contributed by atoms with van der Waals surface area (Å²) in [6, 6.07) is 4.70. The van der Waals surface area contributed by atoms with E-state index in [0.29, 0.717) is 11.3 Å². The lowest BCUT2D eigenvalue weighted by Crippen LogP contribution is -2.13. The lowest BCUT2D eigenvalue weighted by molar-refractivity contribution is 0.496. The summed E-state index contributed by atoms with van der Waals surface area (Å²) in [4.78, 5) is 2.83. The van der Waals surface area contributed by atoms with E-state index in [0.717, 1.165) is 6.42 Å². The first-order valence-electron chi connectivity index (χ1n) is 5.39. The molecule has 0 saturated heterocycles. The summed E-state index contributed by atoms with van der Waals surface area (Å²) < 4.78 is 0. The fourth-order valence-corrected chi connectivity index (χ4v) is 3.10. The molecule has 0 spiro atoms. The van der Waals surface area contributed by atoms with Crippen molar-refractivity contribution >= 4 is 11.3 Å². The van der Waals surface area contributed by atoms with Gasteiger partial charge >= 0.3 is 0 Å². The Bertz CT molecular complexity index is 327.